The van der Waals surface area contributed by atoms with E-state index in [0.717, 1.165) is 35.7 Å². The minimum atomic E-state index is -0.319. The highest BCUT2D eigenvalue weighted by atomic mass is 79.9. The van der Waals surface area contributed by atoms with Gasteiger partial charge in [-0.3, -0.25) is 14.5 Å². The van der Waals surface area contributed by atoms with Gasteiger partial charge in [-0.25, -0.2) is 0 Å². The predicted molar refractivity (Wildman–Crippen MR) is 112 cm³/mol. The normalized spacial score (nSPS) is 18.1. The Hall–Kier alpha value is -2.60. The molecule has 28 heavy (non-hydrogen) atoms. The van der Waals surface area contributed by atoms with Crippen LogP contribution in [0.5, 0.6) is 5.75 Å². The molecule has 1 aliphatic carbocycles. The second kappa shape index (κ2) is 8.19. The molecule has 5 nitrogen and oxygen atoms in total. The minimum absolute atomic E-state index is 0.0223. The van der Waals surface area contributed by atoms with Crippen molar-refractivity contribution in [3.05, 3.63) is 64.3 Å². The van der Waals surface area contributed by atoms with Crippen molar-refractivity contribution in [1.82, 2.24) is 5.32 Å². The van der Waals surface area contributed by atoms with Crippen molar-refractivity contribution >= 4 is 39.5 Å². The molecule has 0 radical (unpaired) electrons. The summed E-state index contributed by atoms with van der Waals surface area (Å²) in [6.07, 6.45) is 6.00. The first-order chi connectivity index (χ1) is 13.6. The molecule has 4 rings (SSSR count). The molecule has 2 amide bonds. The first-order valence-corrected chi connectivity index (χ1v) is 10.2. The van der Waals surface area contributed by atoms with Gasteiger partial charge < -0.3 is 10.1 Å². The molecule has 1 N–H and O–H groups in total. The lowest BCUT2D eigenvalue weighted by Crippen LogP contribution is -2.46. The van der Waals surface area contributed by atoms with Crippen LogP contribution in [-0.2, 0) is 9.59 Å². The molecule has 1 saturated carbocycles. The van der Waals surface area contributed by atoms with Crippen molar-refractivity contribution in [2.75, 3.05) is 11.4 Å². The van der Waals surface area contributed by atoms with Crippen LogP contribution in [0, 0.1) is 0 Å². The number of anilines is 1. The first kappa shape index (κ1) is 18.7. The number of amides is 2. The fourth-order valence-corrected chi connectivity index (χ4v) is 4.07. The number of rotatable bonds is 4. The number of ether oxygens (including phenoxy) is 1. The van der Waals surface area contributed by atoms with Gasteiger partial charge in [0.15, 0.2) is 11.5 Å². The molecule has 144 valence electrons. The Kier molecular flexibility index (Phi) is 5.48. The zero-order chi connectivity index (χ0) is 19.5. The lowest BCUT2D eigenvalue weighted by molar-refractivity contribution is -0.123. The largest absolute Gasteiger partial charge is 0.449 e. The monoisotopic (exact) mass is 440 g/mol. The van der Waals surface area contributed by atoms with E-state index in [2.05, 4.69) is 21.2 Å². The van der Waals surface area contributed by atoms with Crippen molar-refractivity contribution in [1.29, 1.82) is 0 Å². The molecule has 1 fully saturated rings. The highest BCUT2D eigenvalue weighted by Gasteiger charge is 2.32. The van der Waals surface area contributed by atoms with Crippen LogP contribution in [-0.4, -0.2) is 24.4 Å². The molecule has 0 aromatic heterocycles. The van der Waals surface area contributed by atoms with Crippen LogP contribution in [0.1, 0.15) is 31.2 Å². The SMILES string of the molecule is O=C(CN1C(=O)/C(=C\c2cccc(Br)c2)Oc2ccccc21)NC1CCCC1. The van der Waals surface area contributed by atoms with Crippen molar-refractivity contribution in [3.8, 4) is 5.75 Å². The number of hydrogen-bond donors (Lipinski definition) is 1. The van der Waals surface area contributed by atoms with E-state index in [1.54, 1.807) is 18.2 Å². The van der Waals surface area contributed by atoms with Gasteiger partial charge in [-0.05, 0) is 48.7 Å². The zero-order valence-electron chi connectivity index (χ0n) is 15.4. The predicted octanol–water partition coefficient (Wildman–Crippen LogP) is 4.27. The van der Waals surface area contributed by atoms with Crippen molar-refractivity contribution in [2.24, 2.45) is 0 Å². The van der Waals surface area contributed by atoms with Gasteiger partial charge in [0.05, 0.1) is 5.69 Å². The summed E-state index contributed by atoms with van der Waals surface area (Å²) >= 11 is 3.44. The second-order valence-corrected chi connectivity index (χ2v) is 7.99. The fourth-order valence-electron chi connectivity index (χ4n) is 3.65. The maximum atomic E-state index is 13.1. The number of benzene rings is 2. The van der Waals surface area contributed by atoms with Gasteiger partial charge in [0.2, 0.25) is 5.91 Å². The number of hydrogen-bond acceptors (Lipinski definition) is 3. The lowest BCUT2D eigenvalue weighted by Gasteiger charge is -2.30. The molecule has 2 aromatic rings. The lowest BCUT2D eigenvalue weighted by atomic mass is 10.1. The van der Waals surface area contributed by atoms with Gasteiger partial charge >= 0.3 is 0 Å². The van der Waals surface area contributed by atoms with Crippen molar-refractivity contribution < 1.29 is 14.3 Å². The number of carbonyl (C=O) groups excluding carboxylic acids is 2. The Morgan fingerprint density at radius 2 is 1.96 bits per heavy atom. The van der Waals surface area contributed by atoms with Gasteiger partial charge in [-0.15, -0.1) is 0 Å². The Labute approximate surface area is 172 Å². The van der Waals surface area contributed by atoms with E-state index in [1.165, 1.54) is 4.90 Å². The molecule has 1 heterocycles. The molecule has 1 aliphatic heterocycles. The molecule has 0 unspecified atom stereocenters. The molecule has 6 heteroatoms. The van der Waals surface area contributed by atoms with Crippen LogP contribution in [0.15, 0.2) is 58.8 Å². The summed E-state index contributed by atoms with van der Waals surface area (Å²) in [5.41, 5.74) is 1.45. The van der Waals surface area contributed by atoms with Crippen LogP contribution in [0.4, 0.5) is 5.69 Å². The maximum absolute atomic E-state index is 13.1. The van der Waals surface area contributed by atoms with Crippen LogP contribution in [0.25, 0.3) is 6.08 Å². The fraction of sp³-hybridized carbons (Fsp3) is 0.273. The molecule has 0 atom stereocenters. The third-order valence-electron chi connectivity index (χ3n) is 5.00. The summed E-state index contributed by atoms with van der Waals surface area (Å²) < 4.78 is 6.77. The molecule has 0 spiro atoms. The molecule has 0 bridgehead atoms. The Balaban J connectivity index is 1.60. The summed E-state index contributed by atoms with van der Waals surface area (Å²) in [5, 5.41) is 3.05. The number of nitrogens with zero attached hydrogens (tertiary/aromatic N) is 1. The summed E-state index contributed by atoms with van der Waals surface area (Å²) in [6.45, 7) is -0.0223. The number of para-hydroxylation sites is 2. The molecule has 0 saturated heterocycles. The third-order valence-corrected chi connectivity index (χ3v) is 5.49. The summed E-state index contributed by atoms with van der Waals surface area (Å²) in [7, 11) is 0. The molecular formula is C22H21BrN2O3. The van der Waals surface area contributed by atoms with E-state index in [4.69, 9.17) is 4.74 Å². The number of nitrogens with one attached hydrogen (secondary N) is 1. The van der Waals surface area contributed by atoms with Crippen molar-refractivity contribution in [3.63, 3.8) is 0 Å². The van der Waals surface area contributed by atoms with E-state index in [9.17, 15) is 9.59 Å². The average molecular weight is 441 g/mol. The first-order valence-electron chi connectivity index (χ1n) is 9.45. The number of fused-ring (bicyclic) bond motifs is 1. The minimum Gasteiger partial charge on any atom is -0.449 e. The Bertz CT molecular complexity index is 935. The number of halogens is 1. The Morgan fingerprint density at radius 1 is 1.18 bits per heavy atom. The van der Waals surface area contributed by atoms with Gasteiger partial charge in [-0.1, -0.05) is 53.0 Å². The highest BCUT2D eigenvalue weighted by Crippen LogP contribution is 2.35. The second-order valence-electron chi connectivity index (χ2n) is 7.07. The van der Waals surface area contributed by atoms with Gasteiger partial charge in [-0.2, -0.15) is 0 Å². The quantitative estimate of drug-likeness (QED) is 0.721. The standard InChI is InChI=1S/C22H21BrN2O3/c23-16-7-5-6-15(12-16)13-20-22(27)25(18-10-3-4-11-19(18)28-20)14-21(26)24-17-8-1-2-9-17/h3-7,10-13,17H,1-2,8-9,14H2,(H,24,26)/b20-13+. The topological polar surface area (TPSA) is 58.6 Å². The van der Waals surface area contributed by atoms with E-state index in [0.29, 0.717) is 11.4 Å². The van der Waals surface area contributed by atoms with Crippen LogP contribution in [0.3, 0.4) is 0 Å². The van der Waals surface area contributed by atoms with E-state index in [1.807, 2.05) is 36.4 Å². The van der Waals surface area contributed by atoms with Gasteiger partial charge in [0, 0.05) is 10.5 Å². The average Bonchev–Trinajstić information content (AvgIpc) is 3.18. The third kappa shape index (κ3) is 4.12. The van der Waals surface area contributed by atoms with Crippen LogP contribution in [0.2, 0.25) is 0 Å². The van der Waals surface area contributed by atoms with Gasteiger partial charge in [0.25, 0.3) is 5.91 Å². The molecular weight excluding hydrogens is 420 g/mol. The van der Waals surface area contributed by atoms with Crippen molar-refractivity contribution in [2.45, 2.75) is 31.7 Å². The van der Waals surface area contributed by atoms with E-state index in [-0.39, 0.29) is 30.2 Å². The maximum Gasteiger partial charge on any atom is 0.294 e. The summed E-state index contributed by atoms with van der Waals surface area (Å²) in [5.74, 6) is 0.307. The van der Waals surface area contributed by atoms with Crippen LogP contribution >= 0.6 is 15.9 Å². The van der Waals surface area contributed by atoms with Crippen LogP contribution < -0.4 is 15.0 Å². The smallest absolute Gasteiger partial charge is 0.294 e. The Morgan fingerprint density at radius 3 is 2.75 bits per heavy atom. The summed E-state index contributed by atoms with van der Waals surface area (Å²) in [4.78, 5) is 27.1. The number of carbonyl (C=O) groups is 2. The van der Waals surface area contributed by atoms with E-state index < -0.39 is 0 Å². The molecule has 2 aliphatic rings. The van der Waals surface area contributed by atoms with E-state index >= 15 is 0 Å². The molecule has 2 aromatic carbocycles. The summed E-state index contributed by atoms with van der Waals surface area (Å²) in [6, 6.07) is 15.1. The highest BCUT2D eigenvalue weighted by molar-refractivity contribution is 9.10. The zero-order valence-corrected chi connectivity index (χ0v) is 16.9. The van der Waals surface area contributed by atoms with Gasteiger partial charge in [0.1, 0.15) is 6.54 Å².